The molecule has 1 atom stereocenters. The minimum Gasteiger partial charge on any atom is -0.324 e. The van der Waals surface area contributed by atoms with Crippen molar-refractivity contribution in [3.8, 4) is 17.1 Å². The number of hydrogen-bond donors (Lipinski definition) is 1. The molecule has 0 aliphatic heterocycles. The fraction of sp³-hybridized carbons (Fsp3) is 0.130. The summed E-state index contributed by atoms with van der Waals surface area (Å²) in [6.07, 6.45) is 3.40. The van der Waals surface area contributed by atoms with Crippen molar-refractivity contribution >= 4 is 46.6 Å². The standard InChI is InChI=1S/C23H19Cl2N5OS/c1-14-17(24)7-5-9-20(14)30-21(16-10-12-26-13-11-16)28-29-23(30)32-15(2)22(31)27-19-8-4-3-6-18(19)25/h3-13,15H,1-2H3,(H,27,31). The predicted molar refractivity (Wildman–Crippen MR) is 130 cm³/mol. The molecule has 1 N–H and O–H groups in total. The molecule has 0 fully saturated rings. The molecule has 2 aromatic carbocycles. The number of halogens is 2. The number of pyridine rings is 1. The van der Waals surface area contributed by atoms with E-state index in [9.17, 15) is 4.79 Å². The highest BCUT2D eigenvalue weighted by atomic mass is 35.5. The molecule has 4 rings (SSSR count). The summed E-state index contributed by atoms with van der Waals surface area (Å²) in [7, 11) is 0. The maximum Gasteiger partial charge on any atom is 0.237 e. The lowest BCUT2D eigenvalue weighted by Gasteiger charge is -2.16. The molecular formula is C23H19Cl2N5OS. The molecule has 9 heteroatoms. The van der Waals surface area contributed by atoms with Crippen LogP contribution in [0.25, 0.3) is 17.1 Å². The van der Waals surface area contributed by atoms with Crippen LogP contribution in [0.5, 0.6) is 0 Å². The first-order chi connectivity index (χ1) is 15.5. The lowest BCUT2D eigenvalue weighted by atomic mass is 10.2. The summed E-state index contributed by atoms with van der Waals surface area (Å²) in [5, 5.41) is 12.9. The third-order valence-electron chi connectivity index (χ3n) is 4.84. The Morgan fingerprint density at radius 2 is 1.72 bits per heavy atom. The predicted octanol–water partition coefficient (Wildman–Crippen LogP) is 6.06. The van der Waals surface area contributed by atoms with E-state index in [-0.39, 0.29) is 5.91 Å². The van der Waals surface area contributed by atoms with Crippen LogP contribution in [0.3, 0.4) is 0 Å². The Balaban J connectivity index is 1.70. The Hall–Kier alpha value is -2.87. The molecule has 0 saturated carbocycles. The van der Waals surface area contributed by atoms with E-state index < -0.39 is 5.25 Å². The van der Waals surface area contributed by atoms with Crippen molar-refractivity contribution in [2.45, 2.75) is 24.3 Å². The fourth-order valence-electron chi connectivity index (χ4n) is 3.10. The van der Waals surface area contributed by atoms with Gasteiger partial charge >= 0.3 is 0 Å². The molecule has 0 aliphatic rings. The summed E-state index contributed by atoms with van der Waals surface area (Å²) >= 11 is 13.9. The smallest absolute Gasteiger partial charge is 0.237 e. The van der Waals surface area contributed by atoms with Gasteiger partial charge < -0.3 is 5.32 Å². The summed E-state index contributed by atoms with van der Waals surface area (Å²) in [4.78, 5) is 16.9. The molecule has 0 saturated heterocycles. The van der Waals surface area contributed by atoms with E-state index in [1.165, 1.54) is 11.8 Å². The van der Waals surface area contributed by atoms with Crippen LogP contribution in [0, 0.1) is 6.92 Å². The number of anilines is 1. The van der Waals surface area contributed by atoms with Gasteiger partial charge in [-0.2, -0.15) is 0 Å². The molecule has 0 aliphatic carbocycles. The molecular weight excluding hydrogens is 465 g/mol. The Morgan fingerprint density at radius 1 is 1.00 bits per heavy atom. The van der Waals surface area contributed by atoms with Gasteiger partial charge in [-0.15, -0.1) is 10.2 Å². The van der Waals surface area contributed by atoms with Crippen molar-refractivity contribution < 1.29 is 4.79 Å². The normalized spacial score (nSPS) is 11.9. The molecule has 0 spiro atoms. The topological polar surface area (TPSA) is 72.7 Å². The van der Waals surface area contributed by atoms with Crippen LogP contribution in [0.2, 0.25) is 10.0 Å². The zero-order valence-corrected chi connectivity index (χ0v) is 19.6. The highest BCUT2D eigenvalue weighted by Gasteiger charge is 2.23. The van der Waals surface area contributed by atoms with E-state index in [1.807, 2.05) is 60.9 Å². The Bertz CT molecular complexity index is 1260. The van der Waals surface area contributed by atoms with Crippen molar-refractivity contribution in [3.05, 3.63) is 82.6 Å². The maximum atomic E-state index is 12.8. The second-order valence-electron chi connectivity index (χ2n) is 6.99. The second-order valence-corrected chi connectivity index (χ2v) is 9.11. The van der Waals surface area contributed by atoms with Gasteiger partial charge in [0.15, 0.2) is 11.0 Å². The lowest BCUT2D eigenvalue weighted by Crippen LogP contribution is -2.23. The van der Waals surface area contributed by atoms with Gasteiger partial charge in [-0.05, 0) is 55.8 Å². The average Bonchev–Trinajstić information content (AvgIpc) is 3.21. The molecule has 6 nitrogen and oxygen atoms in total. The molecule has 1 unspecified atom stereocenters. The highest BCUT2D eigenvalue weighted by molar-refractivity contribution is 8.00. The molecule has 2 heterocycles. The van der Waals surface area contributed by atoms with Crippen molar-refractivity contribution in [1.82, 2.24) is 19.7 Å². The summed E-state index contributed by atoms with van der Waals surface area (Å²) in [5.74, 6) is 0.449. The molecule has 4 aromatic rings. The zero-order valence-electron chi connectivity index (χ0n) is 17.3. The SMILES string of the molecule is Cc1c(Cl)cccc1-n1c(SC(C)C(=O)Nc2ccccc2Cl)nnc1-c1ccncc1. The first kappa shape index (κ1) is 22.3. The van der Waals surface area contributed by atoms with E-state index >= 15 is 0 Å². The third-order valence-corrected chi connectivity index (χ3v) is 6.62. The van der Waals surface area contributed by atoms with E-state index in [1.54, 1.807) is 24.5 Å². The van der Waals surface area contributed by atoms with Gasteiger partial charge in [0.25, 0.3) is 0 Å². The molecule has 0 bridgehead atoms. The molecule has 32 heavy (non-hydrogen) atoms. The largest absolute Gasteiger partial charge is 0.324 e. The number of rotatable bonds is 6. The number of hydrogen-bond acceptors (Lipinski definition) is 5. The summed E-state index contributed by atoms with van der Waals surface area (Å²) in [6, 6.07) is 16.5. The molecule has 1 amide bonds. The number of carbonyl (C=O) groups is 1. The lowest BCUT2D eigenvalue weighted by molar-refractivity contribution is -0.115. The van der Waals surface area contributed by atoms with Gasteiger partial charge in [0.05, 0.1) is 21.6 Å². The van der Waals surface area contributed by atoms with Crippen molar-refractivity contribution in [2.24, 2.45) is 0 Å². The van der Waals surface area contributed by atoms with Crippen LogP contribution in [0.1, 0.15) is 12.5 Å². The molecule has 0 radical (unpaired) electrons. The van der Waals surface area contributed by atoms with Crippen LogP contribution in [-0.4, -0.2) is 30.9 Å². The van der Waals surface area contributed by atoms with Gasteiger partial charge in [-0.1, -0.05) is 53.2 Å². The van der Waals surface area contributed by atoms with Crippen molar-refractivity contribution in [3.63, 3.8) is 0 Å². The van der Waals surface area contributed by atoms with Gasteiger partial charge in [0.2, 0.25) is 5.91 Å². The number of nitrogens with zero attached hydrogens (tertiary/aromatic N) is 4. The Morgan fingerprint density at radius 3 is 2.47 bits per heavy atom. The number of nitrogens with one attached hydrogen (secondary N) is 1. The van der Waals surface area contributed by atoms with Gasteiger partial charge in [-0.3, -0.25) is 14.3 Å². The minimum atomic E-state index is -0.459. The Labute approximate surface area is 200 Å². The number of aromatic nitrogens is 4. The quantitative estimate of drug-likeness (QED) is 0.337. The van der Waals surface area contributed by atoms with Crippen LogP contribution < -0.4 is 5.32 Å². The highest BCUT2D eigenvalue weighted by Crippen LogP contribution is 2.33. The number of carbonyl (C=O) groups excluding carboxylic acids is 1. The first-order valence-corrected chi connectivity index (χ1v) is 11.4. The number of thioether (sulfide) groups is 1. The summed E-state index contributed by atoms with van der Waals surface area (Å²) < 4.78 is 1.92. The van der Waals surface area contributed by atoms with Crippen LogP contribution in [-0.2, 0) is 4.79 Å². The first-order valence-electron chi connectivity index (χ1n) is 9.79. The fourth-order valence-corrected chi connectivity index (χ4v) is 4.31. The molecule has 2 aromatic heterocycles. The van der Waals surface area contributed by atoms with E-state index in [0.29, 0.717) is 26.7 Å². The van der Waals surface area contributed by atoms with Crippen molar-refractivity contribution in [1.29, 1.82) is 0 Å². The monoisotopic (exact) mass is 483 g/mol. The third kappa shape index (κ3) is 4.65. The summed E-state index contributed by atoms with van der Waals surface area (Å²) in [5.41, 5.74) is 3.15. The van der Waals surface area contributed by atoms with Gasteiger partial charge in [0, 0.05) is 23.0 Å². The van der Waals surface area contributed by atoms with Gasteiger partial charge in [0.1, 0.15) is 0 Å². The second kappa shape index (κ2) is 9.73. The van der Waals surface area contributed by atoms with Crippen LogP contribution in [0.4, 0.5) is 5.69 Å². The number of benzene rings is 2. The Kier molecular flexibility index (Phi) is 6.79. The van der Waals surface area contributed by atoms with Crippen LogP contribution in [0.15, 0.2) is 72.1 Å². The van der Waals surface area contributed by atoms with Gasteiger partial charge in [-0.25, -0.2) is 0 Å². The average molecular weight is 484 g/mol. The maximum absolute atomic E-state index is 12.8. The van der Waals surface area contributed by atoms with Crippen LogP contribution >= 0.6 is 35.0 Å². The van der Waals surface area contributed by atoms with E-state index in [4.69, 9.17) is 23.2 Å². The van der Waals surface area contributed by atoms with E-state index in [0.717, 1.165) is 16.8 Å². The van der Waals surface area contributed by atoms with E-state index in [2.05, 4.69) is 20.5 Å². The summed E-state index contributed by atoms with van der Waals surface area (Å²) in [6.45, 7) is 3.75. The number of para-hydroxylation sites is 1. The number of amides is 1. The minimum absolute atomic E-state index is 0.189. The zero-order chi connectivity index (χ0) is 22.7. The van der Waals surface area contributed by atoms with Crippen molar-refractivity contribution in [2.75, 3.05) is 5.32 Å². The molecule has 162 valence electrons.